The van der Waals surface area contributed by atoms with Gasteiger partial charge in [-0.1, -0.05) is 12.1 Å². The smallest absolute Gasteiger partial charge is 0.137 e. The zero-order chi connectivity index (χ0) is 19.8. The lowest BCUT2D eigenvalue weighted by molar-refractivity contribution is 0.138. The van der Waals surface area contributed by atoms with Gasteiger partial charge in [0.15, 0.2) is 0 Å². The fourth-order valence-electron chi connectivity index (χ4n) is 4.18. The first-order chi connectivity index (χ1) is 13.4. The Kier molecular flexibility index (Phi) is 5.13. The van der Waals surface area contributed by atoms with Crippen LogP contribution in [-0.4, -0.2) is 52.4 Å². The molecule has 28 heavy (non-hydrogen) atoms. The Morgan fingerprint density at radius 3 is 2.57 bits per heavy atom. The molecule has 4 rings (SSSR count). The van der Waals surface area contributed by atoms with E-state index in [4.69, 9.17) is 10.7 Å². The molecule has 0 atom stereocenters. The highest BCUT2D eigenvalue weighted by molar-refractivity contribution is 5.68. The van der Waals surface area contributed by atoms with Crippen molar-refractivity contribution in [1.29, 1.82) is 0 Å². The first-order valence-electron chi connectivity index (χ1n) is 10.2. The van der Waals surface area contributed by atoms with E-state index in [0.717, 1.165) is 23.6 Å². The van der Waals surface area contributed by atoms with Gasteiger partial charge in [0.05, 0.1) is 11.4 Å². The van der Waals surface area contributed by atoms with Gasteiger partial charge in [-0.05, 0) is 83.2 Å². The molecule has 0 amide bonds. The number of hydrogen-bond donors (Lipinski definition) is 1. The van der Waals surface area contributed by atoms with Crippen molar-refractivity contribution in [2.24, 2.45) is 0 Å². The highest BCUT2D eigenvalue weighted by Gasteiger charge is 2.23. The average Bonchev–Trinajstić information content (AvgIpc) is 3.02. The minimum Gasteiger partial charge on any atom is -0.398 e. The molecule has 0 spiro atoms. The monoisotopic (exact) mass is 377 g/mol. The van der Waals surface area contributed by atoms with Gasteiger partial charge in [0.25, 0.3) is 0 Å². The molecule has 0 saturated carbocycles. The third kappa shape index (κ3) is 3.64. The zero-order valence-corrected chi connectivity index (χ0v) is 17.4. The molecule has 1 aromatic carbocycles. The van der Waals surface area contributed by atoms with Gasteiger partial charge in [-0.15, -0.1) is 0 Å². The predicted molar refractivity (Wildman–Crippen MR) is 117 cm³/mol. The molecule has 2 N–H and O–H groups in total. The number of benzene rings is 1. The molecule has 2 aromatic heterocycles. The molecule has 1 aliphatic heterocycles. The topological polar surface area (TPSA) is 49.8 Å². The minimum atomic E-state index is 0.607. The molecule has 0 unspecified atom stereocenters. The molecular weight excluding hydrogens is 346 g/mol. The number of nitrogens with two attached hydrogens (primary N) is 1. The highest BCUT2D eigenvalue weighted by Crippen LogP contribution is 2.29. The van der Waals surface area contributed by atoms with E-state index >= 15 is 0 Å². The summed E-state index contributed by atoms with van der Waals surface area (Å²) in [6, 6.07) is 11.2. The van der Waals surface area contributed by atoms with Gasteiger partial charge in [0.2, 0.25) is 0 Å². The standard InChI is InChI=1S/C23H31N5/c1-16-5-6-18(13-17(16)2)23-21(28-14-19(24)7-8-22(28)25-23)15-27(4)20-9-11-26(3)12-10-20/h5-8,13-14,20H,9-12,15,24H2,1-4H3. The van der Waals surface area contributed by atoms with Gasteiger partial charge in [-0.2, -0.15) is 0 Å². The van der Waals surface area contributed by atoms with Gasteiger partial charge >= 0.3 is 0 Å². The lowest BCUT2D eigenvalue weighted by Gasteiger charge is -2.35. The Bertz CT molecular complexity index is 982. The van der Waals surface area contributed by atoms with Crippen molar-refractivity contribution in [3.63, 3.8) is 0 Å². The number of likely N-dealkylation sites (tertiary alicyclic amines) is 1. The van der Waals surface area contributed by atoms with Crippen LogP contribution in [0.4, 0.5) is 5.69 Å². The van der Waals surface area contributed by atoms with Crippen LogP contribution >= 0.6 is 0 Å². The summed E-state index contributed by atoms with van der Waals surface area (Å²) in [6.45, 7) is 7.51. The average molecular weight is 378 g/mol. The van der Waals surface area contributed by atoms with E-state index in [1.807, 2.05) is 18.3 Å². The molecule has 3 heterocycles. The number of nitrogen functional groups attached to an aromatic ring is 1. The number of nitrogens with zero attached hydrogens (tertiary/aromatic N) is 4. The van der Waals surface area contributed by atoms with E-state index in [9.17, 15) is 0 Å². The van der Waals surface area contributed by atoms with E-state index in [1.54, 1.807) is 0 Å². The molecule has 0 radical (unpaired) electrons. The van der Waals surface area contributed by atoms with E-state index in [2.05, 4.69) is 60.3 Å². The van der Waals surface area contributed by atoms with Crippen molar-refractivity contribution in [2.75, 3.05) is 32.9 Å². The number of aryl methyl sites for hydroxylation is 2. The van der Waals surface area contributed by atoms with Gasteiger partial charge in [0.1, 0.15) is 5.65 Å². The highest BCUT2D eigenvalue weighted by atomic mass is 15.2. The van der Waals surface area contributed by atoms with Crippen LogP contribution in [0.2, 0.25) is 0 Å². The quantitative estimate of drug-likeness (QED) is 0.753. The van der Waals surface area contributed by atoms with Crippen molar-refractivity contribution in [3.05, 3.63) is 53.3 Å². The number of rotatable bonds is 4. The summed E-state index contributed by atoms with van der Waals surface area (Å²) in [5.41, 5.74) is 13.9. The Labute approximate surface area is 167 Å². The summed E-state index contributed by atoms with van der Waals surface area (Å²) >= 11 is 0. The lowest BCUT2D eigenvalue weighted by Crippen LogP contribution is -2.41. The van der Waals surface area contributed by atoms with Crippen LogP contribution in [0.3, 0.4) is 0 Å². The Morgan fingerprint density at radius 1 is 1.11 bits per heavy atom. The fraction of sp³-hybridized carbons (Fsp3) is 0.435. The zero-order valence-electron chi connectivity index (χ0n) is 17.4. The van der Waals surface area contributed by atoms with E-state index < -0.39 is 0 Å². The summed E-state index contributed by atoms with van der Waals surface area (Å²) in [4.78, 5) is 9.88. The number of aromatic nitrogens is 2. The molecule has 148 valence electrons. The molecule has 5 nitrogen and oxygen atoms in total. The Hall–Kier alpha value is -2.37. The van der Waals surface area contributed by atoms with Crippen molar-refractivity contribution < 1.29 is 0 Å². The van der Waals surface area contributed by atoms with Crippen molar-refractivity contribution in [1.82, 2.24) is 19.2 Å². The van der Waals surface area contributed by atoms with Gasteiger partial charge in [-0.3, -0.25) is 4.90 Å². The normalized spacial score (nSPS) is 16.3. The fourth-order valence-corrected chi connectivity index (χ4v) is 4.18. The number of pyridine rings is 1. The number of hydrogen-bond acceptors (Lipinski definition) is 4. The van der Waals surface area contributed by atoms with Crippen LogP contribution in [0.5, 0.6) is 0 Å². The first kappa shape index (κ1) is 19.0. The minimum absolute atomic E-state index is 0.607. The molecule has 1 aliphatic rings. The maximum Gasteiger partial charge on any atom is 0.137 e. The van der Waals surface area contributed by atoms with Crippen LogP contribution in [-0.2, 0) is 6.54 Å². The third-order valence-electron chi connectivity index (χ3n) is 6.23. The van der Waals surface area contributed by atoms with Crippen molar-refractivity contribution in [3.8, 4) is 11.3 Å². The first-order valence-corrected chi connectivity index (χ1v) is 10.2. The number of fused-ring (bicyclic) bond motifs is 1. The number of anilines is 1. The second-order valence-electron chi connectivity index (χ2n) is 8.35. The summed E-state index contributed by atoms with van der Waals surface area (Å²) in [5.74, 6) is 0. The van der Waals surface area contributed by atoms with Crippen LogP contribution in [0.1, 0.15) is 29.7 Å². The van der Waals surface area contributed by atoms with Crippen LogP contribution < -0.4 is 5.73 Å². The van der Waals surface area contributed by atoms with Crippen molar-refractivity contribution in [2.45, 2.75) is 39.3 Å². The number of imidazole rings is 1. The molecular formula is C23H31N5. The van der Waals surface area contributed by atoms with E-state index in [0.29, 0.717) is 6.04 Å². The SMILES string of the molecule is Cc1ccc(-c2nc3ccc(N)cn3c2CN(C)C2CCN(C)CC2)cc1C. The van der Waals surface area contributed by atoms with E-state index in [-0.39, 0.29) is 0 Å². The maximum absolute atomic E-state index is 6.11. The Balaban J connectivity index is 1.74. The lowest BCUT2D eigenvalue weighted by atomic mass is 10.0. The van der Waals surface area contributed by atoms with E-state index in [1.165, 1.54) is 48.3 Å². The summed E-state index contributed by atoms with van der Waals surface area (Å²) in [5, 5.41) is 0. The predicted octanol–water partition coefficient (Wildman–Crippen LogP) is 3.73. The number of piperidine rings is 1. The summed E-state index contributed by atoms with van der Waals surface area (Å²) in [7, 11) is 4.45. The second kappa shape index (κ2) is 7.57. The second-order valence-corrected chi connectivity index (χ2v) is 8.35. The molecule has 0 aliphatic carbocycles. The molecule has 3 aromatic rings. The summed E-state index contributed by atoms with van der Waals surface area (Å²) in [6.07, 6.45) is 4.43. The molecule has 0 bridgehead atoms. The van der Waals surface area contributed by atoms with Gasteiger partial charge in [0, 0.05) is 30.0 Å². The molecule has 1 saturated heterocycles. The van der Waals surface area contributed by atoms with Gasteiger partial charge < -0.3 is 15.0 Å². The molecule has 1 fully saturated rings. The third-order valence-corrected chi connectivity index (χ3v) is 6.23. The van der Waals surface area contributed by atoms with Crippen LogP contribution in [0.25, 0.3) is 16.9 Å². The summed E-state index contributed by atoms with van der Waals surface area (Å²) < 4.78 is 2.17. The van der Waals surface area contributed by atoms with Gasteiger partial charge in [-0.25, -0.2) is 4.98 Å². The van der Waals surface area contributed by atoms with Crippen LogP contribution in [0, 0.1) is 13.8 Å². The maximum atomic E-state index is 6.11. The molecule has 5 heteroatoms. The largest absolute Gasteiger partial charge is 0.398 e. The Morgan fingerprint density at radius 2 is 1.86 bits per heavy atom. The van der Waals surface area contributed by atoms with Crippen molar-refractivity contribution >= 4 is 11.3 Å². The van der Waals surface area contributed by atoms with Crippen LogP contribution in [0.15, 0.2) is 36.5 Å².